The summed E-state index contributed by atoms with van der Waals surface area (Å²) >= 11 is 0. The molecule has 0 aliphatic rings. The topological polar surface area (TPSA) is 26.3 Å². The van der Waals surface area contributed by atoms with Crippen LogP contribution in [-0.2, 0) is 11.2 Å². The SMILES string of the molecule is CCc1ccc[c]c1OC(C)=O. The highest BCUT2D eigenvalue weighted by Gasteiger charge is 2.02. The quantitative estimate of drug-likeness (QED) is 0.492. The number of ether oxygens (including phenoxy) is 1. The lowest BCUT2D eigenvalue weighted by Gasteiger charge is -2.04. The second kappa shape index (κ2) is 3.90. The minimum atomic E-state index is -0.299. The summed E-state index contributed by atoms with van der Waals surface area (Å²) in [4.78, 5) is 10.6. The molecule has 0 spiro atoms. The third-order valence-corrected chi connectivity index (χ3v) is 1.53. The fourth-order valence-corrected chi connectivity index (χ4v) is 0.974. The normalized spacial score (nSPS) is 9.50. The van der Waals surface area contributed by atoms with Crippen LogP contribution >= 0.6 is 0 Å². The van der Waals surface area contributed by atoms with Crippen molar-refractivity contribution in [1.29, 1.82) is 0 Å². The van der Waals surface area contributed by atoms with Crippen molar-refractivity contribution in [3.63, 3.8) is 0 Å². The zero-order valence-corrected chi connectivity index (χ0v) is 7.26. The van der Waals surface area contributed by atoms with Crippen LogP contribution in [0, 0.1) is 6.07 Å². The van der Waals surface area contributed by atoms with Gasteiger partial charge in [-0.15, -0.1) is 0 Å². The number of carbonyl (C=O) groups is 1. The molecule has 0 atom stereocenters. The summed E-state index contributed by atoms with van der Waals surface area (Å²) in [6, 6.07) is 8.42. The average molecular weight is 163 g/mol. The summed E-state index contributed by atoms with van der Waals surface area (Å²) in [7, 11) is 0. The summed E-state index contributed by atoms with van der Waals surface area (Å²) in [5.74, 6) is 0.250. The Morgan fingerprint density at radius 1 is 1.67 bits per heavy atom. The van der Waals surface area contributed by atoms with E-state index in [-0.39, 0.29) is 5.97 Å². The highest BCUT2D eigenvalue weighted by Crippen LogP contribution is 2.17. The minimum absolute atomic E-state index is 0.299. The molecule has 0 saturated heterocycles. The molecular weight excluding hydrogens is 152 g/mol. The molecule has 1 rings (SSSR count). The summed E-state index contributed by atoms with van der Waals surface area (Å²) in [5.41, 5.74) is 1.01. The third-order valence-electron chi connectivity index (χ3n) is 1.53. The van der Waals surface area contributed by atoms with Gasteiger partial charge in [-0.25, -0.2) is 0 Å². The van der Waals surface area contributed by atoms with Crippen LogP contribution in [0.5, 0.6) is 5.75 Å². The lowest BCUT2D eigenvalue weighted by atomic mass is 10.1. The van der Waals surface area contributed by atoms with Gasteiger partial charge in [-0.1, -0.05) is 25.1 Å². The first-order valence-electron chi connectivity index (χ1n) is 3.92. The van der Waals surface area contributed by atoms with E-state index in [1.54, 1.807) is 6.07 Å². The average Bonchev–Trinajstić information content (AvgIpc) is 2.04. The van der Waals surface area contributed by atoms with Crippen molar-refractivity contribution in [3.8, 4) is 5.75 Å². The fourth-order valence-electron chi connectivity index (χ4n) is 0.974. The van der Waals surface area contributed by atoms with E-state index in [1.807, 2.05) is 19.1 Å². The van der Waals surface area contributed by atoms with Crippen molar-refractivity contribution in [1.82, 2.24) is 0 Å². The number of hydrogen-bond donors (Lipinski definition) is 0. The molecule has 1 aromatic carbocycles. The number of hydrogen-bond acceptors (Lipinski definition) is 2. The first-order valence-corrected chi connectivity index (χ1v) is 3.92. The molecule has 0 amide bonds. The fraction of sp³-hybridized carbons (Fsp3) is 0.300. The van der Waals surface area contributed by atoms with E-state index in [2.05, 4.69) is 6.07 Å². The number of rotatable bonds is 2. The van der Waals surface area contributed by atoms with E-state index in [1.165, 1.54) is 6.92 Å². The van der Waals surface area contributed by atoms with Gasteiger partial charge < -0.3 is 4.74 Å². The predicted octanol–water partition coefficient (Wildman–Crippen LogP) is 1.97. The Hall–Kier alpha value is -1.31. The van der Waals surface area contributed by atoms with Gasteiger partial charge in [0.2, 0.25) is 0 Å². The van der Waals surface area contributed by atoms with Gasteiger partial charge in [-0.3, -0.25) is 4.79 Å². The summed E-state index contributed by atoms with van der Waals surface area (Å²) in [6.45, 7) is 3.40. The molecule has 0 aliphatic carbocycles. The molecule has 0 aliphatic heterocycles. The molecule has 0 N–H and O–H groups in total. The van der Waals surface area contributed by atoms with Gasteiger partial charge in [-0.05, 0) is 12.0 Å². The number of esters is 1. The van der Waals surface area contributed by atoms with Crippen molar-refractivity contribution in [3.05, 3.63) is 29.8 Å². The Balaban J connectivity index is 2.89. The molecule has 2 heteroatoms. The molecule has 1 radical (unpaired) electrons. The second-order valence-corrected chi connectivity index (χ2v) is 2.47. The zero-order chi connectivity index (χ0) is 8.97. The Morgan fingerprint density at radius 2 is 2.42 bits per heavy atom. The molecular formula is C10H11O2. The van der Waals surface area contributed by atoms with Crippen LogP contribution in [-0.4, -0.2) is 5.97 Å². The molecule has 0 heterocycles. The van der Waals surface area contributed by atoms with Crippen molar-refractivity contribution in [2.45, 2.75) is 20.3 Å². The van der Waals surface area contributed by atoms with Crippen molar-refractivity contribution >= 4 is 5.97 Å². The van der Waals surface area contributed by atoms with Gasteiger partial charge in [0.25, 0.3) is 0 Å². The van der Waals surface area contributed by atoms with Gasteiger partial charge in [0.15, 0.2) is 0 Å². The van der Waals surface area contributed by atoms with Crippen LogP contribution in [0.4, 0.5) is 0 Å². The lowest BCUT2D eigenvalue weighted by molar-refractivity contribution is -0.131. The van der Waals surface area contributed by atoms with E-state index >= 15 is 0 Å². The smallest absolute Gasteiger partial charge is 0.308 e. The van der Waals surface area contributed by atoms with Crippen molar-refractivity contribution in [2.75, 3.05) is 0 Å². The first-order chi connectivity index (χ1) is 5.74. The Bertz CT molecular complexity index is 279. The zero-order valence-electron chi connectivity index (χ0n) is 7.26. The van der Waals surface area contributed by atoms with E-state index in [9.17, 15) is 4.79 Å². The molecule has 0 aromatic heterocycles. The maximum atomic E-state index is 10.6. The lowest BCUT2D eigenvalue weighted by Crippen LogP contribution is -2.03. The van der Waals surface area contributed by atoms with Crippen LogP contribution in [0.3, 0.4) is 0 Å². The highest BCUT2D eigenvalue weighted by atomic mass is 16.5. The third kappa shape index (κ3) is 2.09. The van der Waals surface area contributed by atoms with Crippen LogP contribution < -0.4 is 4.74 Å². The Kier molecular flexibility index (Phi) is 2.86. The highest BCUT2D eigenvalue weighted by molar-refractivity contribution is 5.69. The summed E-state index contributed by atoms with van der Waals surface area (Å²) < 4.78 is 4.94. The Labute approximate surface area is 72.2 Å². The van der Waals surface area contributed by atoms with E-state index in [0.717, 1.165) is 12.0 Å². The standard InChI is InChI=1S/C10H11O2/c1-3-9-6-4-5-7-10(9)12-8(2)11/h4-6H,3H2,1-2H3. The van der Waals surface area contributed by atoms with Crippen LogP contribution in [0.1, 0.15) is 19.4 Å². The van der Waals surface area contributed by atoms with Gasteiger partial charge in [0, 0.05) is 13.0 Å². The molecule has 0 fully saturated rings. The van der Waals surface area contributed by atoms with Gasteiger partial charge in [-0.2, -0.15) is 0 Å². The van der Waals surface area contributed by atoms with E-state index in [0.29, 0.717) is 5.75 Å². The molecule has 12 heavy (non-hydrogen) atoms. The summed E-state index contributed by atoms with van der Waals surface area (Å²) in [6.07, 6.45) is 0.847. The second-order valence-electron chi connectivity index (χ2n) is 2.47. The first kappa shape index (κ1) is 8.78. The Morgan fingerprint density at radius 3 is 3.00 bits per heavy atom. The van der Waals surface area contributed by atoms with Crippen molar-refractivity contribution < 1.29 is 9.53 Å². The van der Waals surface area contributed by atoms with Gasteiger partial charge in [0.1, 0.15) is 5.75 Å². The maximum absolute atomic E-state index is 10.6. The van der Waals surface area contributed by atoms with Gasteiger partial charge in [0.05, 0.1) is 0 Å². The predicted molar refractivity (Wildman–Crippen MR) is 46.0 cm³/mol. The van der Waals surface area contributed by atoms with Gasteiger partial charge >= 0.3 is 5.97 Å². The number of aryl methyl sites for hydroxylation is 1. The minimum Gasteiger partial charge on any atom is -0.426 e. The molecule has 63 valence electrons. The van der Waals surface area contributed by atoms with E-state index in [4.69, 9.17) is 4.74 Å². The molecule has 0 unspecified atom stereocenters. The van der Waals surface area contributed by atoms with E-state index < -0.39 is 0 Å². The van der Waals surface area contributed by atoms with Crippen LogP contribution in [0.25, 0.3) is 0 Å². The van der Waals surface area contributed by atoms with Crippen LogP contribution in [0.2, 0.25) is 0 Å². The molecule has 1 aromatic rings. The molecule has 2 nitrogen and oxygen atoms in total. The monoisotopic (exact) mass is 163 g/mol. The number of benzene rings is 1. The number of para-hydroxylation sites is 1. The largest absolute Gasteiger partial charge is 0.426 e. The number of carbonyl (C=O) groups excluding carboxylic acids is 1. The maximum Gasteiger partial charge on any atom is 0.308 e. The van der Waals surface area contributed by atoms with Crippen LogP contribution in [0.15, 0.2) is 18.2 Å². The molecule has 0 bridgehead atoms. The summed E-state index contributed by atoms with van der Waals surface area (Å²) in [5, 5.41) is 0. The molecule has 0 saturated carbocycles. The van der Waals surface area contributed by atoms with Crippen molar-refractivity contribution in [2.24, 2.45) is 0 Å².